The minimum atomic E-state index is 1.19. The van der Waals surface area contributed by atoms with E-state index < -0.39 is 0 Å². The van der Waals surface area contributed by atoms with Crippen molar-refractivity contribution in [2.24, 2.45) is 0 Å². The number of fused-ring (bicyclic) bond motifs is 8. The molecule has 0 atom stereocenters. The van der Waals surface area contributed by atoms with Gasteiger partial charge >= 0.3 is 0 Å². The Labute approximate surface area is 267 Å². The van der Waals surface area contributed by atoms with Gasteiger partial charge in [0.2, 0.25) is 0 Å². The van der Waals surface area contributed by atoms with Crippen LogP contribution in [0.1, 0.15) is 16.7 Å². The van der Waals surface area contributed by atoms with Crippen molar-refractivity contribution in [3.63, 3.8) is 0 Å². The SMILES string of the molecule is Cc1cc2sc3ccc4ccccc4c3c2cc1-c1c(C)ccc2c1c1ccccc1n2-c1ccccc1.Cc1ccccc1. The smallest absolute Gasteiger partial charge is 0.0547 e. The first-order valence-electron chi connectivity index (χ1n) is 15.5. The van der Waals surface area contributed by atoms with Crippen LogP contribution in [0, 0.1) is 20.8 Å². The molecule has 0 aliphatic rings. The van der Waals surface area contributed by atoms with Gasteiger partial charge in [0.05, 0.1) is 11.0 Å². The molecule has 7 aromatic carbocycles. The van der Waals surface area contributed by atoms with Crippen molar-refractivity contribution in [3.8, 4) is 16.8 Å². The van der Waals surface area contributed by atoms with Crippen LogP contribution in [0.3, 0.4) is 0 Å². The van der Waals surface area contributed by atoms with E-state index in [4.69, 9.17) is 0 Å². The fourth-order valence-electron chi connectivity index (χ4n) is 6.86. The molecule has 2 heterocycles. The number of hydrogen-bond donors (Lipinski definition) is 0. The Morgan fingerprint density at radius 2 is 1.16 bits per heavy atom. The lowest BCUT2D eigenvalue weighted by Gasteiger charge is -2.14. The van der Waals surface area contributed by atoms with Crippen LogP contribution < -0.4 is 0 Å². The van der Waals surface area contributed by atoms with E-state index in [0.717, 1.165) is 0 Å². The number of thiophene rings is 1. The second kappa shape index (κ2) is 11.1. The molecule has 9 aromatic rings. The standard InChI is InChI=1S/C36H25NS.C7H8/c1-22-16-18-31-36(27-14-8-9-15-30(27)37(31)25-11-4-3-5-12-25)34(22)28-21-29-33(20-23(28)2)38-32-19-17-24-10-6-7-13-26(24)35(29)32;1-7-5-3-2-4-6-7/h3-21H,1-2H3;2-6H,1H3. The van der Waals surface area contributed by atoms with E-state index in [2.05, 4.69) is 153 Å². The molecule has 0 amide bonds. The topological polar surface area (TPSA) is 4.93 Å². The minimum Gasteiger partial charge on any atom is -0.309 e. The summed E-state index contributed by atoms with van der Waals surface area (Å²) >= 11 is 1.90. The zero-order valence-electron chi connectivity index (χ0n) is 25.7. The molecule has 9 rings (SSSR count). The van der Waals surface area contributed by atoms with Gasteiger partial charge in [-0.2, -0.15) is 0 Å². The number of rotatable bonds is 2. The summed E-state index contributed by atoms with van der Waals surface area (Å²) in [5, 5.41) is 7.99. The second-order valence-corrected chi connectivity index (χ2v) is 13.0. The third-order valence-electron chi connectivity index (χ3n) is 8.98. The van der Waals surface area contributed by atoms with Gasteiger partial charge in [-0.1, -0.05) is 109 Å². The zero-order valence-corrected chi connectivity index (χ0v) is 26.5. The molecule has 0 saturated heterocycles. The highest BCUT2D eigenvalue weighted by atomic mass is 32.1. The van der Waals surface area contributed by atoms with Gasteiger partial charge in [0.1, 0.15) is 0 Å². The molecule has 0 bridgehead atoms. The highest BCUT2D eigenvalue weighted by molar-refractivity contribution is 7.26. The number of nitrogens with zero attached hydrogens (tertiary/aromatic N) is 1. The molecule has 0 unspecified atom stereocenters. The molecule has 0 aliphatic heterocycles. The van der Waals surface area contributed by atoms with Gasteiger partial charge in [0.15, 0.2) is 0 Å². The van der Waals surface area contributed by atoms with E-state index in [-0.39, 0.29) is 0 Å². The van der Waals surface area contributed by atoms with E-state index in [1.165, 1.54) is 86.3 Å². The summed E-state index contributed by atoms with van der Waals surface area (Å²) in [4.78, 5) is 0. The van der Waals surface area contributed by atoms with E-state index >= 15 is 0 Å². The maximum Gasteiger partial charge on any atom is 0.0547 e. The van der Waals surface area contributed by atoms with Gasteiger partial charge in [-0.15, -0.1) is 11.3 Å². The van der Waals surface area contributed by atoms with Crippen LogP contribution in [-0.2, 0) is 0 Å². The lowest BCUT2D eigenvalue weighted by Crippen LogP contribution is -1.94. The zero-order chi connectivity index (χ0) is 30.5. The van der Waals surface area contributed by atoms with E-state index in [0.29, 0.717) is 0 Å². The Kier molecular flexibility index (Phi) is 6.73. The van der Waals surface area contributed by atoms with Gasteiger partial charge in [-0.05, 0) is 96.3 Å². The molecule has 0 N–H and O–H groups in total. The average molecular weight is 596 g/mol. The molecule has 0 fully saturated rings. The van der Waals surface area contributed by atoms with Crippen molar-refractivity contribution in [2.75, 3.05) is 0 Å². The van der Waals surface area contributed by atoms with Gasteiger partial charge in [-0.3, -0.25) is 0 Å². The van der Waals surface area contributed by atoms with Crippen molar-refractivity contribution < 1.29 is 0 Å². The first kappa shape index (κ1) is 27.4. The lowest BCUT2D eigenvalue weighted by molar-refractivity contribution is 1.18. The Morgan fingerprint density at radius 1 is 0.467 bits per heavy atom. The van der Waals surface area contributed by atoms with Gasteiger partial charge in [0.25, 0.3) is 0 Å². The molecule has 2 heteroatoms. The summed E-state index contributed by atoms with van der Waals surface area (Å²) in [6.45, 7) is 6.61. The van der Waals surface area contributed by atoms with E-state index in [1.54, 1.807) is 0 Å². The summed E-state index contributed by atoms with van der Waals surface area (Å²) in [7, 11) is 0. The third kappa shape index (κ3) is 4.61. The van der Waals surface area contributed by atoms with Crippen LogP contribution in [0.2, 0.25) is 0 Å². The Bertz CT molecular complexity index is 2500. The van der Waals surface area contributed by atoms with Gasteiger partial charge in [-0.25, -0.2) is 0 Å². The minimum absolute atomic E-state index is 1.19. The molecule has 1 nitrogen and oxygen atoms in total. The van der Waals surface area contributed by atoms with Crippen LogP contribution in [0.25, 0.3) is 69.6 Å². The molecule has 0 saturated carbocycles. The first-order chi connectivity index (χ1) is 22.1. The quantitative estimate of drug-likeness (QED) is 0.187. The van der Waals surface area contributed by atoms with Crippen LogP contribution >= 0.6 is 11.3 Å². The Balaban J connectivity index is 0.000000382. The van der Waals surface area contributed by atoms with Crippen LogP contribution in [0.5, 0.6) is 0 Å². The van der Waals surface area contributed by atoms with Crippen molar-refractivity contribution in [1.82, 2.24) is 4.57 Å². The summed E-state index contributed by atoms with van der Waals surface area (Å²) in [6, 6.07) is 52.6. The van der Waals surface area contributed by atoms with Crippen LogP contribution in [0.4, 0.5) is 0 Å². The summed E-state index contributed by atoms with van der Waals surface area (Å²) in [5.41, 5.74) is 10.3. The van der Waals surface area contributed by atoms with E-state index in [9.17, 15) is 0 Å². The number of aryl methyl sites for hydroxylation is 3. The largest absolute Gasteiger partial charge is 0.309 e. The highest BCUT2D eigenvalue weighted by Crippen LogP contribution is 2.45. The van der Waals surface area contributed by atoms with Gasteiger partial charge in [0, 0.05) is 36.6 Å². The monoisotopic (exact) mass is 595 g/mol. The van der Waals surface area contributed by atoms with Crippen molar-refractivity contribution >= 4 is 64.1 Å². The number of hydrogen-bond acceptors (Lipinski definition) is 1. The summed E-state index contributed by atoms with van der Waals surface area (Å²) in [5.74, 6) is 0. The van der Waals surface area contributed by atoms with Crippen molar-refractivity contribution in [2.45, 2.75) is 20.8 Å². The lowest BCUT2D eigenvalue weighted by atomic mass is 9.90. The first-order valence-corrected chi connectivity index (χ1v) is 16.3. The molecule has 0 spiro atoms. The normalized spacial score (nSPS) is 11.4. The molecule has 45 heavy (non-hydrogen) atoms. The average Bonchev–Trinajstić information content (AvgIpc) is 3.61. The van der Waals surface area contributed by atoms with Crippen LogP contribution in [-0.4, -0.2) is 4.57 Å². The predicted molar refractivity (Wildman–Crippen MR) is 197 cm³/mol. The maximum atomic E-state index is 2.46. The molecular formula is C43H33NS. The van der Waals surface area contributed by atoms with Gasteiger partial charge < -0.3 is 4.57 Å². The number of para-hydroxylation sites is 2. The number of aromatic nitrogens is 1. The Hall–Kier alpha value is -5.18. The molecule has 0 aliphatic carbocycles. The Morgan fingerprint density at radius 3 is 1.91 bits per heavy atom. The molecule has 0 radical (unpaired) electrons. The molecule has 2 aromatic heterocycles. The fraction of sp³-hybridized carbons (Fsp3) is 0.0698. The molecular weight excluding hydrogens is 563 g/mol. The molecule has 216 valence electrons. The predicted octanol–water partition coefficient (Wildman–Crippen LogP) is 12.6. The maximum absolute atomic E-state index is 2.46. The third-order valence-corrected chi connectivity index (χ3v) is 10.1. The fourth-order valence-corrected chi connectivity index (χ4v) is 8.07. The highest BCUT2D eigenvalue weighted by Gasteiger charge is 2.20. The van der Waals surface area contributed by atoms with Crippen molar-refractivity contribution in [1.29, 1.82) is 0 Å². The van der Waals surface area contributed by atoms with Crippen molar-refractivity contribution in [3.05, 3.63) is 162 Å². The second-order valence-electron chi connectivity index (χ2n) is 11.9. The van der Waals surface area contributed by atoms with E-state index in [1.807, 2.05) is 29.5 Å². The summed E-state index contributed by atoms with van der Waals surface area (Å²) < 4.78 is 5.12. The van der Waals surface area contributed by atoms with Crippen LogP contribution in [0.15, 0.2) is 146 Å². The number of benzene rings is 7. The summed E-state index contributed by atoms with van der Waals surface area (Å²) in [6.07, 6.45) is 0.